The molecule has 0 bridgehead atoms. The van der Waals surface area contributed by atoms with Gasteiger partial charge >= 0.3 is 0 Å². The fourth-order valence-electron chi connectivity index (χ4n) is 5.29. The Morgan fingerprint density at radius 3 is 2.73 bits per heavy atom. The number of hydrogen-bond acceptors (Lipinski definition) is 8. The number of carbonyl (C=O) groups excluding carboxylic acids is 1. The number of carbonyl (C=O) groups is 1. The van der Waals surface area contributed by atoms with Gasteiger partial charge in [-0.05, 0) is 64.0 Å². The molecule has 0 aliphatic carbocycles. The molecule has 228 valence electrons. The van der Waals surface area contributed by atoms with Crippen LogP contribution in [0.25, 0.3) is 22.3 Å². The van der Waals surface area contributed by atoms with Gasteiger partial charge in [0.05, 0.1) is 17.0 Å². The molecule has 0 radical (unpaired) electrons. The molecule has 2 aromatic carbocycles. The number of benzene rings is 2. The molecule has 0 unspecified atom stereocenters. The lowest BCUT2D eigenvalue weighted by atomic mass is 10.0. The molecule has 0 spiro atoms. The van der Waals surface area contributed by atoms with Crippen LogP contribution in [0.4, 0.5) is 19.0 Å². The number of fused-ring (bicyclic) bond motifs is 1. The fraction of sp³-hybridized carbons (Fsp3) is 0.323. The van der Waals surface area contributed by atoms with Gasteiger partial charge in [-0.3, -0.25) is 4.79 Å². The van der Waals surface area contributed by atoms with Crippen molar-refractivity contribution < 1.29 is 27.4 Å². The van der Waals surface area contributed by atoms with Crippen molar-refractivity contribution in [3.63, 3.8) is 0 Å². The largest absolute Gasteiger partial charge is 0.454 e. The molecule has 2 aromatic heterocycles. The highest BCUT2D eigenvalue weighted by molar-refractivity contribution is 5.99. The fourth-order valence-corrected chi connectivity index (χ4v) is 5.29. The molecule has 10 nitrogen and oxygen atoms in total. The molecular weight excluding hydrogens is 575 g/mol. The zero-order valence-electron chi connectivity index (χ0n) is 24.4. The van der Waals surface area contributed by atoms with Gasteiger partial charge in [0.15, 0.2) is 17.2 Å². The summed E-state index contributed by atoms with van der Waals surface area (Å²) < 4.78 is 55.9. The third-order valence-corrected chi connectivity index (χ3v) is 7.25. The maximum Gasteiger partial charge on any atom is 0.264 e. The molecule has 1 aliphatic heterocycles. The van der Waals surface area contributed by atoms with Crippen molar-refractivity contribution in [1.82, 2.24) is 24.6 Å². The Balaban J connectivity index is 1.47. The van der Waals surface area contributed by atoms with Gasteiger partial charge in [-0.1, -0.05) is 6.07 Å². The summed E-state index contributed by atoms with van der Waals surface area (Å²) in [4.78, 5) is 23.4. The average Bonchev–Trinajstić information content (AvgIpc) is 3.39. The monoisotopic (exact) mass is 605 g/mol. The summed E-state index contributed by atoms with van der Waals surface area (Å²) >= 11 is 0. The first-order chi connectivity index (χ1) is 21.0. The lowest BCUT2D eigenvalue weighted by molar-refractivity contribution is -0.128. The number of nitrogens with zero attached hydrogens (tertiary/aromatic N) is 6. The van der Waals surface area contributed by atoms with E-state index < -0.39 is 34.7 Å². The smallest absolute Gasteiger partial charge is 0.264 e. The number of nitrogens with two attached hydrogens (primary N) is 1. The van der Waals surface area contributed by atoms with Crippen molar-refractivity contribution in [2.24, 2.45) is 0 Å². The van der Waals surface area contributed by atoms with E-state index in [4.69, 9.17) is 20.3 Å². The van der Waals surface area contributed by atoms with Crippen LogP contribution in [0.2, 0.25) is 0 Å². The Morgan fingerprint density at radius 2 is 2.00 bits per heavy atom. The van der Waals surface area contributed by atoms with Crippen LogP contribution in [0.1, 0.15) is 39.7 Å². The standard InChI is InChI=1S/C31H30F3N7O3/c1-4-43-31(2,3)14-18(15-35)30(42)40-12-6-7-19(16-40)41-29-25(28(36)37-17-38-29)27(39-41)21-11-10-20(13-23(21)33)44-24-9-5-8-22(32)26(24)34/h5,8-11,13-14,17,19H,4,6-7,12,16H2,1-3H3,(H2,36,37,38)/b18-14+/t19-/m0/s1. The Kier molecular flexibility index (Phi) is 8.55. The van der Waals surface area contributed by atoms with Crippen LogP contribution in [0.3, 0.4) is 0 Å². The average molecular weight is 606 g/mol. The highest BCUT2D eigenvalue weighted by atomic mass is 19.2. The number of amides is 1. The van der Waals surface area contributed by atoms with Gasteiger partial charge in [0.25, 0.3) is 5.91 Å². The highest BCUT2D eigenvalue weighted by Gasteiger charge is 2.31. The Hall–Kier alpha value is -4.96. The first kappa shape index (κ1) is 30.5. The van der Waals surface area contributed by atoms with Crippen molar-refractivity contribution in [3.8, 4) is 28.8 Å². The van der Waals surface area contributed by atoms with Crippen molar-refractivity contribution in [2.45, 2.75) is 45.3 Å². The predicted molar refractivity (Wildman–Crippen MR) is 156 cm³/mol. The molecule has 1 amide bonds. The molecule has 1 fully saturated rings. The van der Waals surface area contributed by atoms with Gasteiger partial charge in [-0.25, -0.2) is 23.4 Å². The third-order valence-electron chi connectivity index (χ3n) is 7.25. The summed E-state index contributed by atoms with van der Waals surface area (Å²) in [5, 5.41) is 14.8. The number of aromatic nitrogens is 4. The maximum atomic E-state index is 15.5. The van der Waals surface area contributed by atoms with Gasteiger partial charge in [-0.15, -0.1) is 0 Å². The van der Waals surface area contributed by atoms with E-state index in [1.807, 2.05) is 13.0 Å². The van der Waals surface area contributed by atoms with Gasteiger partial charge in [-0.2, -0.15) is 14.8 Å². The molecular formula is C31H30F3N7O3. The van der Waals surface area contributed by atoms with Crippen molar-refractivity contribution >= 4 is 22.8 Å². The van der Waals surface area contributed by atoms with Gasteiger partial charge in [0.1, 0.15) is 41.0 Å². The van der Waals surface area contributed by atoms with E-state index in [2.05, 4.69) is 9.97 Å². The van der Waals surface area contributed by atoms with E-state index in [1.54, 1.807) is 23.4 Å². The summed E-state index contributed by atoms with van der Waals surface area (Å²) in [6.45, 7) is 6.47. The second kappa shape index (κ2) is 12.3. The van der Waals surface area contributed by atoms with E-state index in [0.29, 0.717) is 37.0 Å². The summed E-state index contributed by atoms with van der Waals surface area (Å²) in [7, 11) is 0. The Labute approximate surface area is 251 Å². The number of nitriles is 1. The molecule has 5 rings (SSSR count). The summed E-state index contributed by atoms with van der Waals surface area (Å²) in [6, 6.07) is 8.91. The minimum Gasteiger partial charge on any atom is -0.454 e. The lowest BCUT2D eigenvalue weighted by Crippen LogP contribution is -2.42. The molecule has 1 aliphatic rings. The molecule has 3 heterocycles. The predicted octanol–water partition coefficient (Wildman–Crippen LogP) is 5.71. The highest BCUT2D eigenvalue weighted by Crippen LogP contribution is 2.37. The minimum atomic E-state index is -1.19. The molecule has 1 saturated heterocycles. The number of halogens is 3. The molecule has 13 heteroatoms. The second-order valence-corrected chi connectivity index (χ2v) is 10.8. The normalized spacial score (nSPS) is 15.8. The number of likely N-dealkylation sites (tertiary alicyclic amines) is 1. The summed E-state index contributed by atoms with van der Waals surface area (Å²) in [6.07, 6.45) is 4.06. The van der Waals surface area contributed by atoms with E-state index in [1.165, 1.54) is 36.7 Å². The molecule has 0 saturated carbocycles. The van der Waals surface area contributed by atoms with E-state index in [9.17, 15) is 18.8 Å². The molecule has 1 atom stereocenters. The van der Waals surface area contributed by atoms with E-state index in [-0.39, 0.29) is 41.0 Å². The van der Waals surface area contributed by atoms with Crippen LogP contribution in [-0.2, 0) is 9.53 Å². The molecule has 2 N–H and O–H groups in total. The summed E-state index contributed by atoms with van der Waals surface area (Å²) in [5.74, 6) is -3.83. The van der Waals surface area contributed by atoms with Crippen molar-refractivity contribution in [2.75, 3.05) is 25.4 Å². The van der Waals surface area contributed by atoms with Crippen molar-refractivity contribution in [1.29, 1.82) is 5.26 Å². The minimum absolute atomic E-state index is 0.0239. The Morgan fingerprint density at radius 1 is 1.20 bits per heavy atom. The number of anilines is 1. The molecule has 44 heavy (non-hydrogen) atoms. The summed E-state index contributed by atoms with van der Waals surface area (Å²) in [5.41, 5.74) is 5.96. The Bertz CT molecular complexity index is 1800. The topological polar surface area (TPSA) is 132 Å². The SMILES string of the molecule is CCOC(C)(C)/C=C(\C#N)C(=O)N1CCC[C@H](n2nc(-c3ccc(Oc4cccc(F)c4F)cc3F)c3c(N)ncnc32)C1. The number of piperidine rings is 1. The zero-order chi connectivity index (χ0) is 31.6. The number of ether oxygens (including phenoxy) is 2. The second-order valence-electron chi connectivity index (χ2n) is 10.8. The number of rotatable bonds is 8. The van der Waals surface area contributed by atoms with Gasteiger partial charge < -0.3 is 20.1 Å². The molecule has 4 aromatic rings. The quantitative estimate of drug-likeness (QED) is 0.199. The number of nitrogen functional groups attached to an aromatic ring is 1. The third kappa shape index (κ3) is 6.07. The first-order valence-electron chi connectivity index (χ1n) is 14.0. The lowest BCUT2D eigenvalue weighted by Gasteiger charge is -2.33. The van der Waals surface area contributed by atoms with E-state index in [0.717, 1.165) is 12.1 Å². The maximum absolute atomic E-state index is 15.5. The number of hydrogen-bond donors (Lipinski definition) is 1. The van der Waals surface area contributed by atoms with Crippen molar-refractivity contribution in [3.05, 3.63) is 71.8 Å². The van der Waals surface area contributed by atoms with E-state index >= 15 is 4.39 Å². The van der Waals surface area contributed by atoms with Gasteiger partial charge in [0.2, 0.25) is 5.82 Å². The van der Waals surface area contributed by atoms with Crippen LogP contribution >= 0.6 is 0 Å². The van der Waals surface area contributed by atoms with Gasteiger partial charge in [0, 0.05) is 31.3 Å². The zero-order valence-corrected chi connectivity index (χ0v) is 24.4. The van der Waals surface area contributed by atoms with Crippen LogP contribution in [0.15, 0.2) is 54.4 Å². The first-order valence-corrected chi connectivity index (χ1v) is 14.0. The van der Waals surface area contributed by atoms with Crippen LogP contribution in [-0.4, -0.2) is 55.9 Å². The van der Waals surface area contributed by atoms with Crippen LogP contribution in [0, 0.1) is 28.8 Å². The van der Waals surface area contributed by atoms with Crippen LogP contribution in [0.5, 0.6) is 11.5 Å². The van der Waals surface area contributed by atoms with Crippen LogP contribution < -0.4 is 10.5 Å².